The molecule has 2 rings (SSSR count). The number of hydrogen-bond donors (Lipinski definition) is 1. The predicted molar refractivity (Wildman–Crippen MR) is 60.9 cm³/mol. The molecule has 0 unspecified atom stereocenters. The van der Waals surface area contributed by atoms with Crippen LogP contribution in [0.4, 0.5) is 0 Å². The number of carbonyl (C=O) groups is 1. The Bertz CT molecular complexity index is 358. The Labute approximate surface area is 95.4 Å². The summed E-state index contributed by atoms with van der Waals surface area (Å²) in [7, 11) is 0. The Morgan fingerprint density at radius 2 is 2.31 bits per heavy atom. The fourth-order valence-electron chi connectivity index (χ4n) is 1.95. The van der Waals surface area contributed by atoms with Crippen molar-refractivity contribution in [3.63, 3.8) is 0 Å². The molecule has 0 saturated carbocycles. The molecule has 1 aromatic heterocycles. The lowest BCUT2D eigenvalue weighted by Gasteiger charge is -2.38. The van der Waals surface area contributed by atoms with Crippen LogP contribution in [0.3, 0.4) is 0 Å². The van der Waals surface area contributed by atoms with Gasteiger partial charge in [-0.2, -0.15) is 5.10 Å². The number of amides is 1. The van der Waals surface area contributed by atoms with E-state index in [9.17, 15) is 4.79 Å². The molecule has 16 heavy (non-hydrogen) atoms. The molecule has 0 aliphatic carbocycles. The number of aromatic nitrogens is 2. The highest BCUT2D eigenvalue weighted by Gasteiger charge is 2.34. The lowest BCUT2D eigenvalue weighted by atomic mass is 10.0. The van der Waals surface area contributed by atoms with Crippen molar-refractivity contribution < 1.29 is 4.79 Å². The average molecular weight is 222 g/mol. The molecule has 5 heteroatoms. The summed E-state index contributed by atoms with van der Waals surface area (Å²) in [6.07, 6.45) is 3.67. The second-order valence-electron chi connectivity index (χ2n) is 4.61. The Morgan fingerprint density at radius 1 is 1.50 bits per heavy atom. The molecule has 88 valence electrons. The van der Waals surface area contributed by atoms with Crippen molar-refractivity contribution in [3.8, 4) is 0 Å². The summed E-state index contributed by atoms with van der Waals surface area (Å²) < 4.78 is 1.85. The van der Waals surface area contributed by atoms with E-state index in [2.05, 4.69) is 10.4 Å². The van der Waals surface area contributed by atoms with Gasteiger partial charge in [0.2, 0.25) is 5.91 Å². The van der Waals surface area contributed by atoms with Gasteiger partial charge in [-0.3, -0.25) is 9.48 Å². The summed E-state index contributed by atoms with van der Waals surface area (Å²) in [5.41, 5.74) is -0.428. The summed E-state index contributed by atoms with van der Waals surface area (Å²) in [4.78, 5) is 13.9. The first-order chi connectivity index (χ1) is 7.59. The number of piperazine rings is 1. The number of hydrogen-bond acceptors (Lipinski definition) is 3. The molecule has 1 aliphatic heterocycles. The highest BCUT2D eigenvalue weighted by molar-refractivity contribution is 5.86. The van der Waals surface area contributed by atoms with Gasteiger partial charge in [-0.1, -0.05) is 0 Å². The molecule has 0 atom stereocenters. The van der Waals surface area contributed by atoms with Crippen molar-refractivity contribution in [2.75, 3.05) is 19.6 Å². The van der Waals surface area contributed by atoms with Crippen molar-refractivity contribution in [3.05, 3.63) is 18.5 Å². The maximum Gasteiger partial charge on any atom is 0.242 e. The predicted octanol–water partition coefficient (Wildman–Crippen LogP) is 0.0935. The van der Waals surface area contributed by atoms with Crippen molar-refractivity contribution in [2.24, 2.45) is 0 Å². The van der Waals surface area contributed by atoms with E-state index in [0.29, 0.717) is 0 Å². The zero-order chi connectivity index (χ0) is 11.6. The minimum Gasteiger partial charge on any atom is -0.338 e. The number of carbonyl (C=O) groups excluding carboxylic acids is 1. The maximum absolute atomic E-state index is 12.0. The van der Waals surface area contributed by atoms with E-state index in [1.54, 1.807) is 6.20 Å². The van der Waals surface area contributed by atoms with E-state index in [0.717, 1.165) is 26.2 Å². The van der Waals surface area contributed by atoms with Gasteiger partial charge < -0.3 is 10.2 Å². The Morgan fingerprint density at radius 3 is 3.00 bits per heavy atom. The van der Waals surface area contributed by atoms with Crippen LogP contribution >= 0.6 is 0 Å². The monoisotopic (exact) mass is 222 g/mol. The zero-order valence-electron chi connectivity index (χ0n) is 9.81. The van der Waals surface area contributed by atoms with E-state index in [1.165, 1.54) is 0 Å². The highest BCUT2D eigenvalue weighted by Crippen LogP contribution is 2.12. The molecule has 1 N–H and O–H groups in total. The van der Waals surface area contributed by atoms with Crippen LogP contribution in [0.1, 0.15) is 13.8 Å². The molecule has 2 heterocycles. The van der Waals surface area contributed by atoms with Gasteiger partial charge in [0.25, 0.3) is 0 Å². The average Bonchev–Trinajstić information content (AvgIpc) is 2.73. The van der Waals surface area contributed by atoms with Crippen molar-refractivity contribution in [2.45, 2.75) is 25.9 Å². The van der Waals surface area contributed by atoms with Crippen LogP contribution in [-0.2, 0) is 11.3 Å². The molecule has 0 radical (unpaired) electrons. The number of rotatable bonds is 3. The van der Waals surface area contributed by atoms with E-state index in [4.69, 9.17) is 0 Å². The molecule has 1 fully saturated rings. The maximum atomic E-state index is 12.0. The molecule has 0 spiro atoms. The van der Waals surface area contributed by atoms with Gasteiger partial charge in [0.15, 0.2) is 0 Å². The quantitative estimate of drug-likeness (QED) is 0.788. The summed E-state index contributed by atoms with van der Waals surface area (Å²) in [5.74, 6) is 0.172. The Hall–Kier alpha value is -1.36. The van der Waals surface area contributed by atoms with Crippen LogP contribution in [-0.4, -0.2) is 45.8 Å². The molecular weight excluding hydrogens is 204 g/mol. The van der Waals surface area contributed by atoms with E-state index in [-0.39, 0.29) is 5.91 Å². The smallest absolute Gasteiger partial charge is 0.242 e. The Balaban J connectivity index is 1.92. The fraction of sp³-hybridized carbons (Fsp3) is 0.636. The third kappa shape index (κ3) is 2.24. The number of nitrogens with zero attached hydrogens (tertiary/aromatic N) is 3. The molecule has 1 aliphatic rings. The van der Waals surface area contributed by atoms with Crippen LogP contribution in [0.25, 0.3) is 0 Å². The molecule has 1 saturated heterocycles. The summed E-state index contributed by atoms with van der Waals surface area (Å²) in [6, 6.07) is 1.89. The highest BCUT2D eigenvalue weighted by atomic mass is 16.2. The van der Waals surface area contributed by atoms with Crippen molar-refractivity contribution in [1.29, 1.82) is 0 Å². The third-order valence-corrected chi connectivity index (χ3v) is 2.93. The second-order valence-corrected chi connectivity index (χ2v) is 4.61. The van der Waals surface area contributed by atoms with E-state index in [1.807, 2.05) is 35.7 Å². The van der Waals surface area contributed by atoms with Gasteiger partial charge >= 0.3 is 0 Å². The summed E-state index contributed by atoms with van der Waals surface area (Å²) >= 11 is 0. The van der Waals surface area contributed by atoms with Gasteiger partial charge in [0, 0.05) is 32.0 Å². The largest absolute Gasteiger partial charge is 0.338 e. The van der Waals surface area contributed by atoms with Crippen molar-refractivity contribution in [1.82, 2.24) is 20.0 Å². The molecule has 1 amide bonds. The first-order valence-corrected chi connectivity index (χ1v) is 5.61. The molecule has 0 aromatic carbocycles. The minimum atomic E-state index is -0.428. The van der Waals surface area contributed by atoms with Crippen LogP contribution in [0, 0.1) is 0 Å². The van der Waals surface area contributed by atoms with Gasteiger partial charge in [0.05, 0.1) is 12.1 Å². The first-order valence-electron chi connectivity index (χ1n) is 5.61. The zero-order valence-corrected chi connectivity index (χ0v) is 9.81. The normalized spacial score (nSPS) is 20.1. The van der Waals surface area contributed by atoms with Gasteiger partial charge in [-0.05, 0) is 19.9 Å². The lowest BCUT2D eigenvalue weighted by molar-refractivity contribution is -0.140. The van der Waals surface area contributed by atoms with E-state index < -0.39 is 5.54 Å². The summed E-state index contributed by atoms with van der Waals surface area (Å²) in [5, 5.41) is 7.34. The minimum absolute atomic E-state index is 0.172. The molecule has 0 bridgehead atoms. The van der Waals surface area contributed by atoms with Gasteiger partial charge in [0.1, 0.15) is 0 Å². The van der Waals surface area contributed by atoms with Crippen LogP contribution in [0.2, 0.25) is 0 Å². The fourth-order valence-corrected chi connectivity index (χ4v) is 1.95. The van der Waals surface area contributed by atoms with Gasteiger partial charge in [-0.15, -0.1) is 0 Å². The van der Waals surface area contributed by atoms with E-state index >= 15 is 0 Å². The number of nitrogens with one attached hydrogen (secondary N) is 1. The van der Waals surface area contributed by atoms with Crippen LogP contribution < -0.4 is 5.32 Å². The standard InChI is InChI=1S/C11H18N4O/c1-11(2)10(16)14(7-5-12-11)8-9-15-6-3-4-13-15/h3-4,6,12H,5,7-9H2,1-2H3. The van der Waals surface area contributed by atoms with Crippen LogP contribution in [0.5, 0.6) is 0 Å². The summed E-state index contributed by atoms with van der Waals surface area (Å²) in [6.45, 7) is 6.98. The topological polar surface area (TPSA) is 50.2 Å². The van der Waals surface area contributed by atoms with Gasteiger partial charge in [-0.25, -0.2) is 0 Å². The molecule has 5 nitrogen and oxygen atoms in total. The Kier molecular flexibility index (Phi) is 2.96. The SMILES string of the molecule is CC1(C)NCCN(CCn2cccn2)C1=O. The molecule has 1 aromatic rings. The molecular formula is C11H18N4O. The van der Waals surface area contributed by atoms with Crippen molar-refractivity contribution >= 4 is 5.91 Å². The third-order valence-electron chi connectivity index (χ3n) is 2.93. The van der Waals surface area contributed by atoms with Crippen LogP contribution in [0.15, 0.2) is 18.5 Å². The first kappa shape index (κ1) is 11.1. The second kappa shape index (κ2) is 4.25. The lowest BCUT2D eigenvalue weighted by Crippen LogP contribution is -2.61.